The molecule has 1 N–H and O–H groups in total. The summed E-state index contributed by atoms with van der Waals surface area (Å²) >= 11 is 2.36. The van der Waals surface area contributed by atoms with Crippen molar-refractivity contribution in [1.29, 1.82) is 0 Å². The van der Waals surface area contributed by atoms with Crippen molar-refractivity contribution in [3.63, 3.8) is 0 Å². The van der Waals surface area contributed by atoms with Gasteiger partial charge >= 0.3 is 0 Å². The molecule has 0 saturated heterocycles. The Morgan fingerprint density at radius 1 is 1.17 bits per heavy atom. The van der Waals surface area contributed by atoms with E-state index in [1.165, 1.54) is 38.8 Å². The number of nitrogens with one attached hydrogen (secondary N) is 1. The highest BCUT2D eigenvalue weighted by molar-refractivity contribution is 14.1. The number of aryl methyl sites for hydroxylation is 2. The fourth-order valence-corrected chi connectivity index (χ4v) is 3.33. The fourth-order valence-electron chi connectivity index (χ4n) is 2.68. The van der Waals surface area contributed by atoms with Gasteiger partial charge in [-0.2, -0.15) is 0 Å². The molecule has 1 aliphatic carbocycles. The molecule has 0 aliphatic heterocycles. The molecular weight excluding hydrogens is 333 g/mol. The van der Waals surface area contributed by atoms with Crippen molar-refractivity contribution in [2.75, 3.05) is 5.32 Å². The minimum atomic E-state index is 0.472. The molecule has 0 heterocycles. The maximum atomic E-state index is 3.69. The van der Waals surface area contributed by atoms with Crippen LogP contribution in [0.4, 0.5) is 5.69 Å². The summed E-state index contributed by atoms with van der Waals surface area (Å²) in [6.45, 7) is 2.17. The van der Waals surface area contributed by atoms with Crippen LogP contribution in [-0.4, -0.2) is 0 Å². The van der Waals surface area contributed by atoms with Crippen LogP contribution in [0.25, 0.3) is 0 Å². The normalized spacial score (nSPS) is 17.6. The monoisotopic (exact) mass is 349 g/mol. The van der Waals surface area contributed by atoms with E-state index in [0.29, 0.717) is 6.04 Å². The molecule has 0 radical (unpaired) electrons. The van der Waals surface area contributed by atoms with E-state index in [0.717, 1.165) is 0 Å². The van der Waals surface area contributed by atoms with Crippen molar-refractivity contribution in [3.05, 3.63) is 62.7 Å². The molecule has 0 spiro atoms. The zero-order valence-electron chi connectivity index (χ0n) is 10.4. The van der Waals surface area contributed by atoms with E-state index in [1.54, 1.807) is 0 Å². The Morgan fingerprint density at radius 3 is 2.83 bits per heavy atom. The van der Waals surface area contributed by atoms with Crippen molar-refractivity contribution in [2.24, 2.45) is 0 Å². The van der Waals surface area contributed by atoms with Gasteiger partial charge in [-0.25, -0.2) is 0 Å². The predicted octanol–water partition coefficient (Wildman–Crippen LogP) is 4.70. The third-order valence-corrected chi connectivity index (χ3v) is 4.32. The summed E-state index contributed by atoms with van der Waals surface area (Å²) in [5, 5.41) is 3.69. The van der Waals surface area contributed by atoms with Gasteiger partial charge in [-0.05, 0) is 77.2 Å². The van der Waals surface area contributed by atoms with Gasteiger partial charge in [0.1, 0.15) is 0 Å². The Hall–Kier alpha value is -1.03. The Morgan fingerprint density at radius 2 is 2.00 bits per heavy atom. The maximum absolute atomic E-state index is 3.69. The van der Waals surface area contributed by atoms with E-state index in [2.05, 4.69) is 77.3 Å². The van der Waals surface area contributed by atoms with Gasteiger partial charge in [0.05, 0.1) is 6.04 Å². The van der Waals surface area contributed by atoms with Crippen molar-refractivity contribution < 1.29 is 0 Å². The smallest absolute Gasteiger partial charge is 0.0519 e. The molecule has 18 heavy (non-hydrogen) atoms. The van der Waals surface area contributed by atoms with Crippen molar-refractivity contribution in [2.45, 2.75) is 25.8 Å². The first-order chi connectivity index (χ1) is 8.74. The van der Waals surface area contributed by atoms with Gasteiger partial charge in [-0.3, -0.25) is 0 Å². The molecule has 3 rings (SSSR count). The number of anilines is 1. The Labute approximate surface area is 122 Å². The number of benzene rings is 2. The van der Waals surface area contributed by atoms with E-state index in [4.69, 9.17) is 0 Å². The molecule has 0 amide bonds. The highest BCUT2D eigenvalue weighted by Crippen LogP contribution is 2.34. The predicted molar refractivity (Wildman–Crippen MR) is 85.0 cm³/mol. The average molecular weight is 349 g/mol. The lowest BCUT2D eigenvalue weighted by Gasteiger charge is -2.17. The van der Waals surface area contributed by atoms with Crippen LogP contribution in [0.1, 0.15) is 29.2 Å². The minimum absolute atomic E-state index is 0.472. The molecule has 0 bridgehead atoms. The first-order valence-corrected chi connectivity index (χ1v) is 7.42. The molecule has 1 nitrogen and oxygen atoms in total. The zero-order valence-corrected chi connectivity index (χ0v) is 12.6. The molecule has 2 aromatic carbocycles. The molecular formula is C16H16IN. The van der Waals surface area contributed by atoms with Crippen LogP contribution in [0, 0.1) is 10.5 Å². The van der Waals surface area contributed by atoms with E-state index < -0.39 is 0 Å². The third kappa shape index (κ3) is 2.26. The van der Waals surface area contributed by atoms with Crippen LogP contribution in [0.3, 0.4) is 0 Å². The van der Waals surface area contributed by atoms with Gasteiger partial charge in [0.2, 0.25) is 0 Å². The second-order valence-electron chi connectivity index (χ2n) is 4.89. The Kier molecular flexibility index (Phi) is 3.29. The summed E-state index contributed by atoms with van der Waals surface area (Å²) in [6.07, 6.45) is 2.39. The number of halogens is 1. The summed E-state index contributed by atoms with van der Waals surface area (Å²) < 4.78 is 1.29. The molecule has 2 heteroatoms. The van der Waals surface area contributed by atoms with Crippen LogP contribution in [0.15, 0.2) is 42.5 Å². The van der Waals surface area contributed by atoms with Gasteiger partial charge in [0.25, 0.3) is 0 Å². The van der Waals surface area contributed by atoms with Gasteiger partial charge in [-0.15, -0.1) is 0 Å². The Bertz CT molecular complexity index is 577. The molecule has 92 valence electrons. The second-order valence-corrected chi connectivity index (χ2v) is 6.14. The lowest BCUT2D eigenvalue weighted by molar-refractivity contribution is 0.761. The summed E-state index contributed by atoms with van der Waals surface area (Å²) in [7, 11) is 0. The summed E-state index contributed by atoms with van der Waals surface area (Å²) in [5.41, 5.74) is 5.55. The van der Waals surface area contributed by atoms with E-state index in [1.807, 2.05) is 0 Å². The highest BCUT2D eigenvalue weighted by Gasteiger charge is 2.21. The molecule has 1 atom stereocenters. The van der Waals surface area contributed by atoms with Crippen LogP contribution in [0.5, 0.6) is 0 Å². The first kappa shape index (κ1) is 12.0. The molecule has 1 aliphatic rings. The lowest BCUT2D eigenvalue weighted by Crippen LogP contribution is -2.08. The average Bonchev–Trinajstić information content (AvgIpc) is 2.76. The number of rotatable bonds is 2. The van der Waals surface area contributed by atoms with Crippen molar-refractivity contribution in [1.82, 2.24) is 0 Å². The van der Waals surface area contributed by atoms with Crippen LogP contribution >= 0.6 is 22.6 Å². The summed E-state index contributed by atoms with van der Waals surface area (Å²) in [4.78, 5) is 0. The maximum Gasteiger partial charge on any atom is 0.0519 e. The number of fused-ring (bicyclic) bond motifs is 1. The van der Waals surface area contributed by atoms with Gasteiger partial charge in [0.15, 0.2) is 0 Å². The topological polar surface area (TPSA) is 12.0 Å². The minimum Gasteiger partial charge on any atom is -0.378 e. The zero-order chi connectivity index (χ0) is 12.5. The van der Waals surface area contributed by atoms with Gasteiger partial charge in [-0.1, -0.05) is 24.3 Å². The SMILES string of the molecule is Cc1cc(I)ccc1NC1CCc2ccccc21. The lowest BCUT2D eigenvalue weighted by atomic mass is 10.1. The van der Waals surface area contributed by atoms with Crippen LogP contribution < -0.4 is 5.32 Å². The third-order valence-electron chi connectivity index (χ3n) is 3.65. The number of hydrogen-bond acceptors (Lipinski definition) is 1. The summed E-state index contributed by atoms with van der Waals surface area (Å²) in [6, 6.07) is 15.8. The Balaban J connectivity index is 1.86. The van der Waals surface area contributed by atoms with Crippen molar-refractivity contribution in [3.8, 4) is 0 Å². The number of hydrogen-bond donors (Lipinski definition) is 1. The van der Waals surface area contributed by atoms with E-state index >= 15 is 0 Å². The standard InChI is InChI=1S/C16H16IN/c1-11-10-13(17)7-9-15(11)18-16-8-6-12-4-2-3-5-14(12)16/h2-5,7,9-10,16,18H,6,8H2,1H3. The van der Waals surface area contributed by atoms with Gasteiger partial charge in [0, 0.05) is 9.26 Å². The van der Waals surface area contributed by atoms with E-state index in [-0.39, 0.29) is 0 Å². The second kappa shape index (κ2) is 4.92. The quantitative estimate of drug-likeness (QED) is 0.775. The first-order valence-electron chi connectivity index (χ1n) is 6.34. The molecule has 0 saturated carbocycles. The van der Waals surface area contributed by atoms with Crippen molar-refractivity contribution >= 4 is 28.3 Å². The highest BCUT2D eigenvalue weighted by atomic mass is 127. The van der Waals surface area contributed by atoms with Gasteiger partial charge < -0.3 is 5.32 Å². The molecule has 1 unspecified atom stereocenters. The molecule has 2 aromatic rings. The molecule has 0 aromatic heterocycles. The van der Waals surface area contributed by atoms with E-state index in [9.17, 15) is 0 Å². The molecule has 0 fully saturated rings. The fraction of sp³-hybridized carbons (Fsp3) is 0.250. The summed E-state index contributed by atoms with van der Waals surface area (Å²) in [5.74, 6) is 0. The largest absolute Gasteiger partial charge is 0.378 e. The van der Waals surface area contributed by atoms with Crippen LogP contribution in [0.2, 0.25) is 0 Å². The van der Waals surface area contributed by atoms with Crippen LogP contribution in [-0.2, 0) is 6.42 Å².